The minimum Gasteiger partial charge on any atom is -0.480 e. The van der Waals surface area contributed by atoms with E-state index in [1.165, 1.54) is 6.42 Å². The Morgan fingerprint density at radius 2 is 2.21 bits per heavy atom. The normalized spacial score (nSPS) is 21.9. The van der Waals surface area contributed by atoms with E-state index in [1.54, 1.807) is 19.3 Å². The number of piperidine rings is 1. The second kappa shape index (κ2) is 5.97. The third-order valence-electron chi connectivity index (χ3n) is 3.48. The summed E-state index contributed by atoms with van der Waals surface area (Å²) in [6, 6.07) is -0.688. The molecule has 2 unspecified atom stereocenters. The third kappa shape index (κ3) is 3.64. The summed E-state index contributed by atoms with van der Waals surface area (Å²) in [4.78, 5) is 21.4. The largest absolute Gasteiger partial charge is 0.480 e. The van der Waals surface area contributed by atoms with Gasteiger partial charge in [0.05, 0.1) is 0 Å². The third-order valence-corrected chi connectivity index (χ3v) is 3.48. The van der Waals surface area contributed by atoms with Gasteiger partial charge >= 0.3 is 5.97 Å². The van der Waals surface area contributed by atoms with Gasteiger partial charge in [0.1, 0.15) is 6.04 Å². The first kappa shape index (κ1) is 13.7. The zero-order chi connectivity index (χ0) is 13.8. The summed E-state index contributed by atoms with van der Waals surface area (Å²) in [5.74, 6) is -0.0749. The van der Waals surface area contributed by atoms with Gasteiger partial charge in [-0.2, -0.15) is 0 Å². The molecule has 1 aliphatic heterocycles. The lowest BCUT2D eigenvalue weighted by Crippen LogP contribution is -2.31. The van der Waals surface area contributed by atoms with Crippen molar-refractivity contribution in [1.29, 1.82) is 0 Å². The SMILES string of the molecule is CC(Nc1ncc(C2CCCN(C)C2)cn1)C(=O)O. The molecule has 0 spiro atoms. The van der Waals surface area contributed by atoms with Crippen LogP contribution in [0.4, 0.5) is 5.95 Å². The molecule has 1 aromatic rings. The molecule has 104 valence electrons. The number of hydrogen-bond acceptors (Lipinski definition) is 5. The highest BCUT2D eigenvalue weighted by molar-refractivity contribution is 5.75. The molecule has 2 heterocycles. The molecule has 6 heteroatoms. The Labute approximate surface area is 112 Å². The molecule has 0 saturated carbocycles. The zero-order valence-corrected chi connectivity index (χ0v) is 11.3. The molecule has 1 saturated heterocycles. The number of nitrogens with one attached hydrogen (secondary N) is 1. The predicted octanol–water partition coefficient (Wildman–Crippen LogP) is 1.17. The topological polar surface area (TPSA) is 78.4 Å². The summed E-state index contributed by atoms with van der Waals surface area (Å²) in [5.41, 5.74) is 1.13. The first-order valence-electron chi connectivity index (χ1n) is 6.56. The summed E-state index contributed by atoms with van der Waals surface area (Å²) < 4.78 is 0. The lowest BCUT2D eigenvalue weighted by Gasteiger charge is -2.29. The Morgan fingerprint density at radius 3 is 2.79 bits per heavy atom. The molecule has 2 rings (SSSR count). The van der Waals surface area contributed by atoms with Gasteiger partial charge in [-0.05, 0) is 44.8 Å². The van der Waals surface area contributed by atoms with Gasteiger partial charge in [0.2, 0.25) is 5.95 Å². The number of aromatic nitrogens is 2. The number of hydrogen-bond donors (Lipinski definition) is 2. The highest BCUT2D eigenvalue weighted by Crippen LogP contribution is 2.25. The highest BCUT2D eigenvalue weighted by Gasteiger charge is 2.19. The van der Waals surface area contributed by atoms with Crippen LogP contribution in [0.15, 0.2) is 12.4 Å². The van der Waals surface area contributed by atoms with Gasteiger partial charge in [-0.3, -0.25) is 4.79 Å². The number of carbonyl (C=O) groups is 1. The first-order chi connectivity index (χ1) is 9.06. The molecule has 0 radical (unpaired) electrons. The van der Waals surface area contributed by atoms with Crippen LogP contribution in [0.2, 0.25) is 0 Å². The smallest absolute Gasteiger partial charge is 0.325 e. The number of nitrogens with zero attached hydrogens (tertiary/aromatic N) is 3. The van der Waals surface area contributed by atoms with Crippen LogP contribution in [0.25, 0.3) is 0 Å². The maximum Gasteiger partial charge on any atom is 0.325 e. The van der Waals surface area contributed by atoms with E-state index in [0.717, 1.165) is 25.1 Å². The van der Waals surface area contributed by atoms with Crippen LogP contribution in [0, 0.1) is 0 Å². The predicted molar refractivity (Wildman–Crippen MR) is 72.2 cm³/mol. The van der Waals surface area contributed by atoms with Crippen molar-refractivity contribution in [3.63, 3.8) is 0 Å². The number of likely N-dealkylation sites (tertiary alicyclic amines) is 1. The molecule has 6 nitrogen and oxygen atoms in total. The molecule has 1 fully saturated rings. The quantitative estimate of drug-likeness (QED) is 0.850. The Hall–Kier alpha value is -1.69. The molecule has 0 bridgehead atoms. The monoisotopic (exact) mass is 264 g/mol. The van der Waals surface area contributed by atoms with E-state index >= 15 is 0 Å². The van der Waals surface area contributed by atoms with Crippen molar-refractivity contribution in [3.05, 3.63) is 18.0 Å². The van der Waals surface area contributed by atoms with Gasteiger partial charge < -0.3 is 15.3 Å². The van der Waals surface area contributed by atoms with Gasteiger partial charge in [0.15, 0.2) is 0 Å². The van der Waals surface area contributed by atoms with Crippen LogP contribution < -0.4 is 5.32 Å². The number of carboxylic acids is 1. The lowest BCUT2D eigenvalue weighted by molar-refractivity contribution is -0.137. The maximum atomic E-state index is 10.7. The van der Waals surface area contributed by atoms with Crippen molar-refractivity contribution in [3.8, 4) is 0 Å². The minimum absolute atomic E-state index is 0.364. The molecule has 19 heavy (non-hydrogen) atoms. The fourth-order valence-corrected chi connectivity index (χ4v) is 2.32. The summed E-state index contributed by atoms with van der Waals surface area (Å²) in [5, 5.41) is 11.6. The number of anilines is 1. The van der Waals surface area contributed by atoms with Crippen LogP contribution in [0.1, 0.15) is 31.2 Å². The second-order valence-electron chi connectivity index (χ2n) is 5.15. The van der Waals surface area contributed by atoms with Crippen molar-refractivity contribution in [2.24, 2.45) is 0 Å². The molecule has 1 aromatic heterocycles. The van der Waals surface area contributed by atoms with Crippen LogP contribution in [0.3, 0.4) is 0 Å². The van der Waals surface area contributed by atoms with E-state index in [0.29, 0.717) is 11.9 Å². The van der Waals surface area contributed by atoms with E-state index < -0.39 is 12.0 Å². The Balaban J connectivity index is 1.99. The van der Waals surface area contributed by atoms with Crippen molar-refractivity contribution >= 4 is 11.9 Å². The van der Waals surface area contributed by atoms with Gasteiger partial charge in [0.25, 0.3) is 0 Å². The van der Waals surface area contributed by atoms with Crippen molar-refractivity contribution in [2.75, 3.05) is 25.5 Å². The average molecular weight is 264 g/mol. The van der Waals surface area contributed by atoms with Gasteiger partial charge in [-0.25, -0.2) is 9.97 Å². The summed E-state index contributed by atoms with van der Waals surface area (Å²) in [6.07, 6.45) is 5.95. The van der Waals surface area contributed by atoms with Crippen LogP contribution in [0.5, 0.6) is 0 Å². The van der Waals surface area contributed by atoms with E-state index in [-0.39, 0.29) is 0 Å². The molecular formula is C13H20N4O2. The standard InChI is InChI=1S/C13H20N4O2/c1-9(12(18)19)16-13-14-6-11(7-15-13)10-4-3-5-17(2)8-10/h6-7,9-10H,3-5,8H2,1-2H3,(H,18,19)(H,14,15,16). The van der Waals surface area contributed by atoms with E-state index in [1.807, 2.05) is 0 Å². The number of likely N-dealkylation sites (N-methyl/N-ethyl adjacent to an activating group) is 1. The molecule has 0 amide bonds. The molecule has 2 N–H and O–H groups in total. The lowest BCUT2D eigenvalue weighted by atomic mass is 9.93. The molecule has 0 aromatic carbocycles. The maximum absolute atomic E-state index is 10.7. The fraction of sp³-hybridized carbons (Fsp3) is 0.615. The Morgan fingerprint density at radius 1 is 1.53 bits per heavy atom. The number of aliphatic carboxylic acids is 1. The molecule has 0 aliphatic carbocycles. The van der Waals surface area contributed by atoms with Crippen molar-refractivity contribution < 1.29 is 9.90 Å². The van der Waals surface area contributed by atoms with E-state index in [2.05, 4.69) is 27.2 Å². The molecule has 2 atom stereocenters. The van der Waals surface area contributed by atoms with Crippen LogP contribution in [-0.2, 0) is 4.79 Å². The second-order valence-corrected chi connectivity index (χ2v) is 5.15. The first-order valence-corrected chi connectivity index (χ1v) is 6.56. The van der Waals surface area contributed by atoms with Gasteiger partial charge in [-0.1, -0.05) is 0 Å². The number of carboxylic acid groups (broad SMARTS) is 1. The van der Waals surface area contributed by atoms with E-state index in [9.17, 15) is 4.79 Å². The van der Waals surface area contributed by atoms with Crippen LogP contribution in [-0.4, -0.2) is 52.1 Å². The molecule has 1 aliphatic rings. The summed E-state index contributed by atoms with van der Waals surface area (Å²) in [6.45, 7) is 3.74. The highest BCUT2D eigenvalue weighted by atomic mass is 16.4. The van der Waals surface area contributed by atoms with Crippen molar-refractivity contribution in [1.82, 2.24) is 14.9 Å². The summed E-state index contributed by atoms with van der Waals surface area (Å²) >= 11 is 0. The molecular weight excluding hydrogens is 244 g/mol. The fourth-order valence-electron chi connectivity index (χ4n) is 2.32. The Bertz CT molecular complexity index is 435. The van der Waals surface area contributed by atoms with Gasteiger partial charge in [-0.15, -0.1) is 0 Å². The van der Waals surface area contributed by atoms with Crippen molar-refractivity contribution in [2.45, 2.75) is 31.7 Å². The zero-order valence-electron chi connectivity index (χ0n) is 11.3. The Kier molecular flexibility index (Phi) is 4.31. The average Bonchev–Trinajstić information content (AvgIpc) is 2.39. The van der Waals surface area contributed by atoms with Crippen LogP contribution >= 0.6 is 0 Å². The van der Waals surface area contributed by atoms with Gasteiger partial charge in [0, 0.05) is 18.9 Å². The minimum atomic E-state index is -0.915. The van der Waals surface area contributed by atoms with E-state index in [4.69, 9.17) is 5.11 Å². The number of rotatable bonds is 4. The summed E-state index contributed by atoms with van der Waals surface area (Å²) in [7, 11) is 2.12.